The molecule has 145 valence electrons. The number of methoxy groups -OCH3 is 1. The van der Waals surface area contributed by atoms with Crippen LogP contribution in [-0.4, -0.2) is 50.6 Å². The van der Waals surface area contributed by atoms with Crippen molar-refractivity contribution in [3.05, 3.63) is 12.2 Å². The maximum Gasteiger partial charge on any atom is 0.508 e. The predicted octanol–water partition coefficient (Wildman–Crippen LogP) is 3.52. The monoisotopic (exact) mass is 443 g/mol. The van der Waals surface area contributed by atoms with Crippen molar-refractivity contribution in [2.45, 2.75) is 52.6 Å². The Balaban J connectivity index is 0. The van der Waals surface area contributed by atoms with Crippen LogP contribution in [0.1, 0.15) is 34.6 Å². The zero-order valence-electron chi connectivity index (χ0n) is 15.3. The number of cyclic esters (lactones) is 2. The molecule has 1 aliphatic heterocycles. The van der Waals surface area contributed by atoms with Crippen LogP contribution in [0.4, 0.5) is 18.4 Å². The summed E-state index contributed by atoms with van der Waals surface area (Å²) in [4.78, 5) is 21.2. The Kier molecular flexibility index (Phi) is 13.6. The van der Waals surface area contributed by atoms with Crippen LogP contribution in [-0.2, 0) is 56.4 Å². The van der Waals surface area contributed by atoms with Gasteiger partial charge in [0.2, 0.25) is 0 Å². The standard InChI is InChI=1S/C10H16F2O3.C5H8O4.Y/c1-6(2)14-9(13)15-8(4)10(5,12)7(3)11;1-7-2-4-3-8-5(6)9-4;/h7H,1-5H3;4H,2-3H2,1H3;/q-2;;. The van der Waals surface area contributed by atoms with Crippen LogP contribution in [0.3, 0.4) is 0 Å². The van der Waals surface area contributed by atoms with E-state index in [-0.39, 0.29) is 44.9 Å². The van der Waals surface area contributed by atoms with Crippen LogP contribution in [0, 0.1) is 12.2 Å². The summed E-state index contributed by atoms with van der Waals surface area (Å²) in [6.07, 6.45) is -3.63. The summed E-state index contributed by atoms with van der Waals surface area (Å²) in [6.45, 7) is 7.06. The first-order valence-corrected chi connectivity index (χ1v) is 7.19. The molecule has 0 bridgehead atoms. The molecule has 1 fully saturated rings. The van der Waals surface area contributed by atoms with Gasteiger partial charge in [0.1, 0.15) is 12.8 Å². The molecule has 0 aromatic carbocycles. The number of carbonyl (C=O) groups excluding carboxylic acids is 2. The Morgan fingerprint density at radius 1 is 1.40 bits per heavy atom. The molecule has 3 atom stereocenters. The minimum absolute atomic E-state index is 0. The summed E-state index contributed by atoms with van der Waals surface area (Å²) in [5.41, 5.74) is -2.30. The van der Waals surface area contributed by atoms with Crippen molar-refractivity contribution in [1.29, 1.82) is 0 Å². The van der Waals surface area contributed by atoms with Crippen molar-refractivity contribution in [1.82, 2.24) is 0 Å². The molecule has 0 aromatic rings. The third kappa shape index (κ3) is 10.9. The number of alkyl halides is 2. The van der Waals surface area contributed by atoms with Crippen molar-refractivity contribution in [2.75, 3.05) is 20.3 Å². The van der Waals surface area contributed by atoms with Gasteiger partial charge in [-0.2, -0.15) is 20.8 Å². The van der Waals surface area contributed by atoms with Crippen molar-refractivity contribution < 1.29 is 74.8 Å². The van der Waals surface area contributed by atoms with E-state index in [1.54, 1.807) is 21.0 Å². The van der Waals surface area contributed by atoms with Gasteiger partial charge in [-0.25, -0.2) is 14.0 Å². The second-order valence-electron chi connectivity index (χ2n) is 5.37. The van der Waals surface area contributed by atoms with E-state index >= 15 is 0 Å². The summed E-state index contributed by atoms with van der Waals surface area (Å²) < 4.78 is 49.2. The van der Waals surface area contributed by atoms with E-state index in [1.807, 2.05) is 0 Å². The summed E-state index contributed by atoms with van der Waals surface area (Å²) in [6, 6.07) is 0. The zero-order valence-corrected chi connectivity index (χ0v) is 18.1. The van der Waals surface area contributed by atoms with Gasteiger partial charge in [-0.3, -0.25) is 4.39 Å². The molecular weight excluding hydrogens is 419 g/mol. The molecule has 3 unspecified atom stereocenters. The fourth-order valence-electron chi connectivity index (χ4n) is 1.33. The van der Waals surface area contributed by atoms with Gasteiger partial charge in [-0.05, 0) is 6.92 Å². The van der Waals surface area contributed by atoms with E-state index in [9.17, 15) is 18.4 Å². The molecule has 0 amide bonds. The van der Waals surface area contributed by atoms with Crippen molar-refractivity contribution in [3.8, 4) is 0 Å². The number of ether oxygens (including phenoxy) is 5. The van der Waals surface area contributed by atoms with E-state index in [1.165, 1.54) is 6.92 Å². The molecular formula is C15H24F2O7Y-2. The first kappa shape index (κ1) is 26.7. The van der Waals surface area contributed by atoms with Crippen molar-refractivity contribution in [3.63, 3.8) is 0 Å². The van der Waals surface area contributed by atoms with Crippen molar-refractivity contribution >= 4 is 12.3 Å². The Bertz CT molecular complexity index is 405. The van der Waals surface area contributed by atoms with E-state index < -0.39 is 24.2 Å². The Hall–Kier alpha value is -0.536. The summed E-state index contributed by atoms with van der Waals surface area (Å²) in [5.74, 6) is 0. The summed E-state index contributed by atoms with van der Waals surface area (Å²) in [7, 11) is 1.55. The maximum absolute atomic E-state index is 13.6. The summed E-state index contributed by atoms with van der Waals surface area (Å²) >= 11 is 0. The van der Waals surface area contributed by atoms with Crippen LogP contribution in [0.25, 0.3) is 0 Å². The quantitative estimate of drug-likeness (QED) is 0.459. The third-order valence-electron chi connectivity index (χ3n) is 2.96. The number of carbonyl (C=O) groups is 2. The molecule has 1 aliphatic rings. The molecule has 0 spiro atoms. The molecule has 1 heterocycles. The van der Waals surface area contributed by atoms with Crippen LogP contribution >= 0.6 is 0 Å². The fourth-order valence-corrected chi connectivity index (χ4v) is 1.33. The topological polar surface area (TPSA) is 80.3 Å². The van der Waals surface area contributed by atoms with Crippen LogP contribution < -0.4 is 0 Å². The molecule has 10 heteroatoms. The SMILES string of the molecule is COCC1COC(=O)O1.C[C-](C)OC(=O)O[C-](C)C(C)(F)C(C)F.[Y]. The summed E-state index contributed by atoms with van der Waals surface area (Å²) in [5, 5.41) is 0. The van der Waals surface area contributed by atoms with E-state index in [0.29, 0.717) is 19.3 Å². The van der Waals surface area contributed by atoms with Gasteiger partial charge >= 0.3 is 12.3 Å². The molecule has 0 saturated carbocycles. The van der Waals surface area contributed by atoms with Gasteiger partial charge in [0, 0.05) is 39.8 Å². The molecule has 7 nitrogen and oxygen atoms in total. The molecule has 25 heavy (non-hydrogen) atoms. The van der Waals surface area contributed by atoms with E-state index in [0.717, 1.165) is 13.8 Å². The van der Waals surface area contributed by atoms with Crippen LogP contribution in [0.5, 0.6) is 0 Å². The molecule has 1 saturated heterocycles. The Labute approximate surface area is 171 Å². The second-order valence-corrected chi connectivity index (χ2v) is 5.37. The molecule has 1 radical (unpaired) electrons. The smallest absolute Gasteiger partial charge is 0.508 e. The van der Waals surface area contributed by atoms with Gasteiger partial charge in [-0.15, -0.1) is 12.2 Å². The molecule has 0 aromatic heterocycles. The van der Waals surface area contributed by atoms with Crippen LogP contribution in [0.2, 0.25) is 0 Å². The van der Waals surface area contributed by atoms with Crippen molar-refractivity contribution in [2.24, 2.45) is 0 Å². The van der Waals surface area contributed by atoms with Gasteiger partial charge < -0.3 is 23.7 Å². The van der Waals surface area contributed by atoms with Gasteiger partial charge in [0.15, 0.2) is 6.10 Å². The molecule has 1 rings (SSSR count). The normalized spacial score (nSPS) is 19.6. The first-order valence-electron chi connectivity index (χ1n) is 7.19. The van der Waals surface area contributed by atoms with E-state index in [4.69, 9.17) is 4.74 Å². The van der Waals surface area contributed by atoms with Gasteiger partial charge in [0.25, 0.3) is 0 Å². The minimum atomic E-state index is -2.30. The number of halogens is 2. The predicted molar refractivity (Wildman–Crippen MR) is 79.3 cm³/mol. The second kappa shape index (κ2) is 12.8. The Morgan fingerprint density at radius 3 is 2.32 bits per heavy atom. The fraction of sp³-hybridized carbons (Fsp3) is 0.733. The van der Waals surface area contributed by atoms with E-state index in [2.05, 4.69) is 18.9 Å². The number of hydrogen-bond acceptors (Lipinski definition) is 7. The molecule has 0 aliphatic carbocycles. The Morgan fingerprint density at radius 2 is 1.96 bits per heavy atom. The number of rotatable bonds is 6. The average molecular weight is 443 g/mol. The maximum atomic E-state index is 13.6. The average Bonchev–Trinajstić information content (AvgIpc) is 2.84. The first-order chi connectivity index (χ1) is 11.0. The minimum Gasteiger partial charge on any atom is -0.605 e. The molecule has 0 N–H and O–H groups in total. The van der Waals surface area contributed by atoms with Gasteiger partial charge in [0.05, 0.1) is 12.3 Å². The largest absolute Gasteiger partial charge is 0.605 e. The third-order valence-corrected chi connectivity index (χ3v) is 2.96. The van der Waals surface area contributed by atoms with Crippen LogP contribution in [0.15, 0.2) is 0 Å². The van der Waals surface area contributed by atoms with Gasteiger partial charge in [-0.1, -0.05) is 6.92 Å². The number of hydrogen-bond donors (Lipinski definition) is 0. The zero-order chi connectivity index (χ0) is 18.9.